The van der Waals surface area contributed by atoms with E-state index in [1.807, 2.05) is 51.1 Å². The zero-order valence-corrected chi connectivity index (χ0v) is 14.7. The van der Waals surface area contributed by atoms with Gasteiger partial charge in [-0.25, -0.2) is 0 Å². The lowest BCUT2D eigenvalue weighted by Gasteiger charge is -2.38. The van der Waals surface area contributed by atoms with E-state index in [-0.39, 0.29) is 0 Å². The lowest BCUT2D eigenvalue weighted by molar-refractivity contribution is 0.158. The van der Waals surface area contributed by atoms with Crippen LogP contribution in [0.2, 0.25) is 19.6 Å². The summed E-state index contributed by atoms with van der Waals surface area (Å²) in [6.07, 6.45) is 0. The first-order chi connectivity index (χ1) is 8.62. The molecule has 1 aromatic carbocycles. The number of hydrogen-bond acceptors (Lipinski definition) is 3. The molecule has 0 heterocycles. The topological polar surface area (TPSA) is 35.5 Å². The number of benzene rings is 1. The normalized spacial score (nSPS) is 16.1. The van der Waals surface area contributed by atoms with E-state index in [2.05, 4.69) is 19.6 Å². The van der Waals surface area contributed by atoms with Crippen LogP contribution in [0.3, 0.4) is 0 Å². The van der Waals surface area contributed by atoms with Gasteiger partial charge in [0.15, 0.2) is 8.32 Å². The Balaban J connectivity index is 3.23. The molecule has 5 heteroatoms. The van der Waals surface area contributed by atoms with E-state index in [9.17, 15) is 4.57 Å². The van der Waals surface area contributed by atoms with Crippen LogP contribution >= 0.6 is 7.37 Å². The summed E-state index contributed by atoms with van der Waals surface area (Å²) in [6, 6.07) is 9.38. The molecule has 108 valence electrons. The maximum absolute atomic E-state index is 13.4. The van der Waals surface area contributed by atoms with Gasteiger partial charge in [0.2, 0.25) is 0 Å². The van der Waals surface area contributed by atoms with Crippen LogP contribution in [0.4, 0.5) is 0 Å². The minimum absolute atomic E-state index is 0.407. The van der Waals surface area contributed by atoms with Crippen molar-refractivity contribution >= 4 is 21.0 Å². The fourth-order valence-corrected chi connectivity index (χ4v) is 6.97. The Bertz CT molecular complexity index is 452. The summed E-state index contributed by atoms with van der Waals surface area (Å²) < 4.78 is 25.2. The third kappa shape index (κ3) is 4.02. The number of hydrogen-bond donors (Lipinski definition) is 0. The highest BCUT2D eigenvalue weighted by Crippen LogP contribution is 2.59. The Kier molecular flexibility index (Phi) is 5.19. The lowest BCUT2D eigenvalue weighted by Crippen LogP contribution is -2.41. The minimum atomic E-state index is -3.06. The predicted octanol–water partition coefficient (Wildman–Crippen LogP) is 4.21. The van der Waals surface area contributed by atoms with E-state index in [1.165, 1.54) is 0 Å². The van der Waals surface area contributed by atoms with E-state index < -0.39 is 21.0 Å². The fourth-order valence-electron chi connectivity index (χ4n) is 2.16. The second-order valence-electron chi connectivity index (χ2n) is 5.97. The molecule has 0 radical (unpaired) electrons. The maximum Gasteiger partial charge on any atom is 0.261 e. The molecule has 0 bridgehead atoms. The Morgan fingerprint density at radius 2 is 1.68 bits per heavy atom. The fraction of sp³-hybridized carbons (Fsp3) is 0.571. The Hall–Kier alpha value is -0.413. The van der Waals surface area contributed by atoms with Crippen LogP contribution < -0.4 is 5.30 Å². The third-order valence-electron chi connectivity index (χ3n) is 2.67. The van der Waals surface area contributed by atoms with Gasteiger partial charge in [-0.15, -0.1) is 0 Å². The summed E-state index contributed by atoms with van der Waals surface area (Å²) in [5, 5.41) is -0.0884. The van der Waals surface area contributed by atoms with Crippen LogP contribution in [-0.2, 0) is 13.5 Å². The Morgan fingerprint density at radius 1 is 1.16 bits per heavy atom. The molecule has 1 atom stereocenters. The van der Waals surface area contributed by atoms with Crippen LogP contribution in [-0.4, -0.2) is 20.3 Å². The zero-order valence-electron chi connectivity index (χ0n) is 12.8. The molecule has 0 spiro atoms. The summed E-state index contributed by atoms with van der Waals surface area (Å²) >= 11 is 0. The highest BCUT2D eigenvalue weighted by atomic mass is 31.2. The van der Waals surface area contributed by atoms with Crippen molar-refractivity contribution in [2.75, 3.05) is 6.61 Å². The van der Waals surface area contributed by atoms with E-state index in [4.69, 9.17) is 8.95 Å². The van der Waals surface area contributed by atoms with E-state index in [0.717, 1.165) is 5.30 Å². The van der Waals surface area contributed by atoms with E-state index in [0.29, 0.717) is 6.61 Å². The minimum Gasteiger partial charge on any atom is -0.403 e. The van der Waals surface area contributed by atoms with Crippen molar-refractivity contribution in [2.45, 2.75) is 45.8 Å². The highest BCUT2D eigenvalue weighted by molar-refractivity contribution is 7.68. The van der Waals surface area contributed by atoms with Crippen molar-refractivity contribution < 1.29 is 13.5 Å². The smallest absolute Gasteiger partial charge is 0.261 e. The molecule has 0 fully saturated rings. The van der Waals surface area contributed by atoms with Crippen LogP contribution in [0.25, 0.3) is 0 Å². The summed E-state index contributed by atoms with van der Waals surface area (Å²) in [5.41, 5.74) is 0. The van der Waals surface area contributed by atoms with E-state index >= 15 is 0 Å². The van der Waals surface area contributed by atoms with Crippen LogP contribution in [0.1, 0.15) is 20.8 Å². The summed E-state index contributed by atoms with van der Waals surface area (Å²) in [5.74, 6) is 0. The summed E-state index contributed by atoms with van der Waals surface area (Å²) in [6.45, 7) is 12.3. The maximum atomic E-state index is 13.4. The molecule has 0 saturated carbocycles. The van der Waals surface area contributed by atoms with Gasteiger partial charge < -0.3 is 8.95 Å². The Labute approximate surface area is 117 Å². The molecule has 0 aliphatic carbocycles. The molecule has 1 rings (SSSR count). The van der Waals surface area contributed by atoms with Gasteiger partial charge >= 0.3 is 0 Å². The SMILES string of the molecule is CCOP(=O)(c1ccccc1)C(C)(C)O[Si](C)(C)C. The molecule has 1 unspecified atom stereocenters. The van der Waals surface area contributed by atoms with Crippen LogP contribution in [0, 0.1) is 0 Å². The molecule has 0 aromatic heterocycles. The molecule has 0 amide bonds. The number of rotatable bonds is 6. The van der Waals surface area contributed by atoms with Crippen molar-refractivity contribution in [1.82, 2.24) is 0 Å². The van der Waals surface area contributed by atoms with Gasteiger partial charge in [0, 0.05) is 5.30 Å². The molecule has 1 aromatic rings. The molecule has 3 nitrogen and oxygen atoms in total. The summed E-state index contributed by atoms with van der Waals surface area (Å²) in [4.78, 5) is 0. The second-order valence-corrected chi connectivity index (χ2v) is 13.3. The predicted molar refractivity (Wildman–Crippen MR) is 83.8 cm³/mol. The van der Waals surface area contributed by atoms with Crippen molar-refractivity contribution in [3.05, 3.63) is 30.3 Å². The monoisotopic (exact) mass is 300 g/mol. The van der Waals surface area contributed by atoms with Crippen LogP contribution in [0.5, 0.6) is 0 Å². The van der Waals surface area contributed by atoms with Crippen molar-refractivity contribution in [3.8, 4) is 0 Å². The van der Waals surface area contributed by atoms with E-state index in [1.54, 1.807) is 0 Å². The molecule has 19 heavy (non-hydrogen) atoms. The lowest BCUT2D eigenvalue weighted by atomic mass is 10.4. The first-order valence-corrected chi connectivity index (χ1v) is 11.7. The standard InChI is InChI=1S/C14H25O3PSi/c1-7-16-18(15,13-11-9-8-10-12-13)14(2,3)17-19(4,5)6/h8-12H,7H2,1-6H3. The highest BCUT2D eigenvalue weighted by Gasteiger charge is 2.46. The molecular weight excluding hydrogens is 275 g/mol. The van der Waals surface area contributed by atoms with Gasteiger partial charge in [0.05, 0.1) is 6.61 Å². The van der Waals surface area contributed by atoms with Gasteiger partial charge in [-0.2, -0.15) is 0 Å². The van der Waals surface area contributed by atoms with Gasteiger partial charge in [-0.1, -0.05) is 18.2 Å². The first kappa shape index (κ1) is 16.6. The van der Waals surface area contributed by atoms with Gasteiger partial charge in [0.1, 0.15) is 5.34 Å². The molecular formula is C14H25O3PSi. The summed E-state index contributed by atoms with van der Waals surface area (Å²) in [7, 11) is -4.88. The average Bonchev–Trinajstić information content (AvgIpc) is 2.27. The van der Waals surface area contributed by atoms with Crippen molar-refractivity contribution in [3.63, 3.8) is 0 Å². The molecule has 0 aliphatic heterocycles. The Morgan fingerprint density at radius 3 is 2.11 bits per heavy atom. The first-order valence-electron chi connectivity index (χ1n) is 6.63. The second kappa shape index (κ2) is 5.92. The van der Waals surface area contributed by atoms with Crippen molar-refractivity contribution in [1.29, 1.82) is 0 Å². The third-order valence-corrected chi connectivity index (χ3v) is 7.08. The van der Waals surface area contributed by atoms with Gasteiger partial charge in [0.25, 0.3) is 7.37 Å². The average molecular weight is 300 g/mol. The van der Waals surface area contributed by atoms with Crippen molar-refractivity contribution in [2.24, 2.45) is 0 Å². The largest absolute Gasteiger partial charge is 0.403 e. The van der Waals surface area contributed by atoms with Gasteiger partial charge in [-0.3, -0.25) is 4.57 Å². The molecule has 0 aliphatic rings. The molecule has 0 N–H and O–H groups in total. The quantitative estimate of drug-likeness (QED) is 0.583. The molecule has 0 saturated heterocycles. The zero-order chi connectivity index (χ0) is 14.7. The van der Waals surface area contributed by atoms with Crippen LogP contribution in [0.15, 0.2) is 30.3 Å². The van der Waals surface area contributed by atoms with Gasteiger partial charge in [-0.05, 0) is 52.5 Å².